The summed E-state index contributed by atoms with van der Waals surface area (Å²) in [6.45, 7) is 12.5. The predicted octanol–water partition coefficient (Wildman–Crippen LogP) is 2.05. The van der Waals surface area contributed by atoms with E-state index < -0.39 is 0 Å². The summed E-state index contributed by atoms with van der Waals surface area (Å²) in [5.41, 5.74) is 2.50. The van der Waals surface area contributed by atoms with E-state index >= 15 is 0 Å². The van der Waals surface area contributed by atoms with Gasteiger partial charge in [-0.1, -0.05) is 35.9 Å². The Bertz CT molecular complexity index is 759. The smallest absolute Gasteiger partial charge is 0.173 e. The van der Waals surface area contributed by atoms with Crippen molar-refractivity contribution in [3.63, 3.8) is 0 Å². The number of ether oxygens (including phenoxy) is 1. The minimum absolute atomic E-state index is 0.0582. The second kappa shape index (κ2) is 8.94. The van der Waals surface area contributed by atoms with Crippen LogP contribution >= 0.6 is 0 Å². The number of benzene rings is 1. The molecule has 4 rings (SSSR count). The summed E-state index contributed by atoms with van der Waals surface area (Å²) < 4.78 is 7.78. The van der Waals surface area contributed by atoms with Crippen LogP contribution in [0.4, 0.5) is 0 Å². The van der Waals surface area contributed by atoms with E-state index in [1.54, 1.807) is 0 Å². The molecule has 2 aliphatic heterocycles. The van der Waals surface area contributed by atoms with Crippen LogP contribution in [0.3, 0.4) is 0 Å². The fourth-order valence-electron chi connectivity index (χ4n) is 4.18. The molecular weight excluding hydrogens is 352 g/mol. The van der Waals surface area contributed by atoms with Gasteiger partial charge in [-0.3, -0.25) is 9.80 Å². The standard InChI is InChI=1S/C21H30N6O/c1-3-10-25-11-13-26(14-12-25)20(18-8-6-17(2)7-9-18)21-22-23-24-27(21)16-19-5-4-15-28-19/h3,6-9,19-20H,1,4-5,10-16H2,2H3. The first-order valence-electron chi connectivity index (χ1n) is 10.3. The summed E-state index contributed by atoms with van der Waals surface area (Å²) in [4.78, 5) is 4.94. The van der Waals surface area contributed by atoms with Crippen LogP contribution in [0.2, 0.25) is 0 Å². The largest absolute Gasteiger partial charge is 0.376 e. The van der Waals surface area contributed by atoms with Crippen molar-refractivity contribution in [1.29, 1.82) is 0 Å². The Morgan fingerprint density at radius 1 is 1.21 bits per heavy atom. The lowest BCUT2D eigenvalue weighted by molar-refractivity contribution is 0.0868. The van der Waals surface area contributed by atoms with Crippen molar-refractivity contribution < 1.29 is 4.74 Å². The van der Waals surface area contributed by atoms with Crippen LogP contribution in [-0.2, 0) is 11.3 Å². The Hall–Kier alpha value is -2.09. The molecule has 0 amide bonds. The topological polar surface area (TPSA) is 59.3 Å². The van der Waals surface area contributed by atoms with Gasteiger partial charge in [0.25, 0.3) is 0 Å². The summed E-state index contributed by atoms with van der Waals surface area (Å²) in [7, 11) is 0. The molecule has 2 aromatic rings. The molecule has 2 fully saturated rings. The second-order valence-electron chi connectivity index (χ2n) is 7.79. The van der Waals surface area contributed by atoms with Crippen LogP contribution in [0.15, 0.2) is 36.9 Å². The SMILES string of the molecule is C=CCN1CCN(C(c2ccc(C)cc2)c2nnnn2CC2CCCO2)CC1. The Labute approximate surface area is 167 Å². The number of nitrogens with zero attached hydrogens (tertiary/aromatic N) is 6. The zero-order chi connectivity index (χ0) is 19.3. The van der Waals surface area contributed by atoms with Gasteiger partial charge in [0, 0.05) is 39.3 Å². The Morgan fingerprint density at radius 2 is 2.00 bits per heavy atom. The number of hydrogen-bond acceptors (Lipinski definition) is 6. The van der Waals surface area contributed by atoms with E-state index in [0.717, 1.165) is 64.5 Å². The van der Waals surface area contributed by atoms with Crippen LogP contribution in [0.25, 0.3) is 0 Å². The van der Waals surface area contributed by atoms with Crippen molar-refractivity contribution in [2.45, 2.75) is 38.5 Å². The van der Waals surface area contributed by atoms with E-state index in [0.29, 0.717) is 0 Å². The molecule has 1 aromatic carbocycles. The number of rotatable bonds is 7. The molecule has 7 nitrogen and oxygen atoms in total. The van der Waals surface area contributed by atoms with Gasteiger partial charge in [0.05, 0.1) is 18.7 Å². The maximum atomic E-state index is 5.82. The van der Waals surface area contributed by atoms with Gasteiger partial charge < -0.3 is 4.74 Å². The van der Waals surface area contributed by atoms with Crippen LogP contribution in [-0.4, -0.2) is 75.4 Å². The number of hydrogen-bond donors (Lipinski definition) is 0. The van der Waals surface area contributed by atoms with Crippen LogP contribution in [0, 0.1) is 6.92 Å². The van der Waals surface area contributed by atoms with E-state index in [9.17, 15) is 0 Å². The van der Waals surface area contributed by atoms with Crippen LogP contribution in [0.1, 0.15) is 35.8 Å². The first kappa shape index (κ1) is 19.2. The Kier molecular flexibility index (Phi) is 6.14. The summed E-state index contributed by atoms with van der Waals surface area (Å²) in [5.74, 6) is 0.913. The number of piperazine rings is 1. The molecule has 2 saturated heterocycles. The third kappa shape index (κ3) is 4.32. The molecule has 0 aliphatic carbocycles. The molecule has 2 unspecified atom stereocenters. The third-order valence-electron chi connectivity index (χ3n) is 5.76. The summed E-state index contributed by atoms with van der Waals surface area (Å²) in [6.07, 6.45) is 4.39. The highest BCUT2D eigenvalue weighted by Gasteiger charge is 2.31. The first-order valence-corrected chi connectivity index (χ1v) is 10.3. The monoisotopic (exact) mass is 382 g/mol. The highest BCUT2D eigenvalue weighted by atomic mass is 16.5. The summed E-state index contributed by atoms with van der Waals surface area (Å²) >= 11 is 0. The first-order chi connectivity index (χ1) is 13.7. The predicted molar refractivity (Wildman–Crippen MR) is 108 cm³/mol. The molecule has 0 spiro atoms. The lowest BCUT2D eigenvalue weighted by Gasteiger charge is -2.38. The van der Waals surface area contributed by atoms with E-state index in [1.165, 1.54) is 11.1 Å². The van der Waals surface area contributed by atoms with Crippen molar-refractivity contribution in [3.05, 3.63) is 53.9 Å². The lowest BCUT2D eigenvalue weighted by atomic mass is 10.0. The highest BCUT2D eigenvalue weighted by Crippen LogP contribution is 2.29. The van der Waals surface area contributed by atoms with Gasteiger partial charge in [0.1, 0.15) is 0 Å². The van der Waals surface area contributed by atoms with Gasteiger partial charge in [-0.2, -0.15) is 0 Å². The van der Waals surface area contributed by atoms with Gasteiger partial charge >= 0.3 is 0 Å². The van der Waals surface area contributed by atoms with E-state index in [-0.39, 0.29) is 12.1 Å². The van der Waals surface area contributed by atoms with Gasteiger partial charge in [0.15, 0.2) is 5.82 Å². The van der Waals surface area contributed by atoms with E-state index in [2.05, 4.69) is 63.1 Å². The number of aryl methyl sites for hydroxylation is 1. The van der Waals surface area contributed by atoms with E-state index in [1.807, 2.05) is 10.8 Å². The fourth-order valence-corrected chi connectivity index (χ4v) is 4.18. The number of tetrazole rings is 1. The van der Waals surface area contributed by atoms with Crippen LogP contribution in [0.5, 0.6) is 0 Å². The molecule has 0 saturated carbocycles. The van der Waals surface area contributed by atoms with Crippen molar-refractivity contribution in [2.24, 2.45) is 0 Å². The maximum absolute atomic E-state index is 5.82. The third-order valence-corrected chi connectivity index (χ3v) is 5.76. The molecule has 150 valence electrons. The van der Waals surface area contributed by atoms with Gasteiger partial charge in [-0.25, -0.2) is 4.68 Å². The molecule has 2 atom stereocenters. The molecule has 0 radical (unpaired) electrons. The average molecular weight is 383 g/mol. The molecule has 7 heteroatoms. The molecular formula is C21H30N6O. The zero-order valence-corrected chi connectivity index (χ0v) is 16.7. The molecule has 1 aromatic heterocycles. The van der Waals surface area contributed by atoms with Crippen LogP contribution < -0.4 is 0 Å². The van der Waals surface area contributed by atoms with Gasteiger partial charge in [0.2, 0.25) is 0 Å². The van der Waals surface area contributed by atoms with Gasteiger partial charge in [-0.05, 0) is 35.8 Å². The summed E-state index contributed by atoms with van der Waals surface area (Å²) in [5, 5.41) is 12.8. The summed E-state index contributed by atoms with van der Waals surface area (Å²) in [6, 6.07) is 8.82. The minimum Gasteiger partial charge on any atom is -0.376 e. The Balaban J connectivity index is 1.60. The maximum Gasteiger partial charge on any atom is 0.173 e. The highest BCUT2D eigenvalue weighted by molar-refractivity contribution is 5.28. The van der Waals surface area contributed by atoms with Crippen molar-refractivity contribution >= 4 is 0 Å². The number of aromatic nitrogens is 4. The Morgan fingerprint density at radius 3 is 2.68 bits per heavy atom. The molecule has 3 heterocycles. The molecule has 0 bridgehead atoms. The quantitative estimate of drug-likeness (QED) is 0.683. The normalized spacial score (nSPS) is 22.4. The molecule has 2 aliphatic rings. The lowest BCUT2D eigenvalue weighted by Crippen LogP contribution is -2.48. The van der Waals surface area contributed by atoms with E-state index in [4.69, 9.17) is 4.74 Å². The fraction of sp³-hybridized carbons (Fsp3) is 0.571. The minimum atomic E-state index is 0.0582. The average Bonchev–Trinajstić information content (AvgIpc) is 3.38. The molecule has 28 heavy (non-hydrogen) atoms. The van der Waals surface area contributed by atoms with Crippen molar-refractivity contribution in [2.75, 3.05) is 39.3 Å². The molecule has 0 N–H and O–H groups in total. The second-order valence-corrected chi connectivity index (χ2v) is 7.79. The van der Waals surface area contributed by atoms with Crippen molar-refractivity contribution in [1.82, 2.24) is 30.0 Å². The zero-order valence-electron chi connectivity index (χ0n) is 16.7. The van der Waals surface area contributed by atoms with Crippen molar-refractivity contribution in [3.8, 4) is 0 Å². The van der Waals surface area contributed by atoms with Gasteiger partial charge in [-0.15, -0.1) is 11.7 Å².